The number of nitrogens with zero attached hydrogens (tertiary/aromatic N) is 3. The van der Waals surface area contributed by atoms with Crippen LogP contribution in [0, 0.1) is 19.7 Å². The summed E-state index contributed by atoms with van der Waals surface area (Å²) in [5.41, 5.74) is 4.87. The van der Waals surface area contributed by atoms with Crippen molar-refractivity contribution in [1.29, 1.82) is 0 Å². The Balaban J connectivity index is 1.65. The number of halogens is 1. The minimum Gasteiger partial charge on any atom is -0.349 e. The lowest BCUT2D eigenvalue weighted by Gasteiger charge is -2.15. The molecule has 1 aliphatic heterocycles. The Bertz CT molecular complexity index is 1040. The Labute approximate surface area is 176 Å². The van der Waals surface area contributed by atoms with Crippen molar-refractivity contribution in [3.63, 3.8) is 0 Å². The molecule has 0 atom stereocenters. The second kappa shape index (κ2) is 8.79. The molecule has 0 spiro atoms. The van der Waals surface area contributed by atoms with Crippen LogP contribution in [0.5, 0.6) is 0 Å². The summed E-state index contributed by atoms with van der Waals surface area (Å²) in [7, 11) is 0. The van der Waals surface area contributed by atoms with E-state index in [0.717, 1.165) is 42.0 Å². The average molecular weight is 407 g/mol. The fraction of sp³-hybridized carbons (Fsp3) is 0.333. The summed E-state index contributed by atoms with van der Waals surface area (Å²) in [4.78, 5) is 15.4. The molecule has 0 saturated carbocycles. The Morgan fingerprint density at radius 1 is 1.07 bits per heavy atom. The van der Waals surface area contributed by atoms with E-state index < -0.39 is 0 Å². The molecule has 2 aromatic carbocycles. The third-order valence-electron chi connectivity index (χ3n) is 5.59. The van der Waals surface area contributed by atoms with E-state index in [1.54, 1.807) is 22.9 Å². The topological polar surface area (TPSA) is 50.2 Å². The number of hydrogen-bond donors (Lipinski definition) is 1. The van der Waals surface area contributed by atoms with E-state index in [1.165, 1.54) is 25.0 Å². The molecule has 1 saturated heterocycles. The van der Waals surface area contributed by atoms with Gasteiger partial charge in [0.15, 0.2) is 0 Å². The van der Waals surface area contributed by atoms with Crippen molar-refractivity contribution in [1.82, 2.24) is 20.0 Å². The zero-order valence-electron chi connectivity index (χ0n) is 17.5. The number of likely N-dealkylation sites (tertiary alicyclic amines) is 1. The van der Waals surface area contributed by atoms with Crippen LogP contribution >= 0.6 is 0 Å². The van der Waals surface area contributed by atoms with Crippen LogP contribution in [0.4, 0.5) is 4.39 Å². The van der Waals surface area contributed by atoms with Crippen LogP contribution in [-0.4, -0.2) is 46.8 Å². The summed E-state index contributed by atoms with van der Waals surface area (Å²) in [5.74, 6) is -0.455. The summed E-state index contributed by atoms with van der Waals surface area (Å²) in [6, 6.07) is 14.0. The molecule has 0 unspecified atom stereocenters. The third kappa shape index (κ3) is 4.44. The lowest BCUT2D eigenvalue weighted by Crippen LogP contribution is -2.34. The molecule has 3 aromatic rings. The molecule has 0 bridgehead atoms. The highest BCUT2D eigenvalue weighted by molar-refractivity contribution is 5.94. The van der Waals surface area contributed by atoms with Gasteiger partial charge in [0.1, 0.15) is 11.5 Å². The maximum absolute atomic E-state index is 13.4. The van der Waals surface area contributed by atoms with Crippen molar-refractivity contribution in [3.05, 3.63) is 71.2 Å². The van der Waals surface area contributed by atoms with Crippen molar-refractivity contribution in [3.8, 4) is 16.9 Å². The fourth-order valence-corrected chi connectivity index (χ4v) is 3.86. The molecule has 30 heavy (non-hydrogen) atoms. The maximum atomic E-state index is 13.4. The van der Waals surface area contributed by atoms with E-state index in [1.807, 2.05) is 32.0 Å². The lowest BCUT2D eigenvalue weighted by molar-refractivity contribution is 0.0942. The number of benzene rings is 2. The first-order chi connectivity index (χ1) is 14.5. The molecule has 0 radical (unpaired) electrons. The predicted molar refractivity (Wildman–Crippen MR) is 116 cm³/mol. The summed E-state index contributed by atoms with van der Waals surface area (Å²) in [5, 5.41) is 7.75. The van der Waals surface area contributed by atoms with E-state index in [9.17, 15) is 9.18 Å². The van der Waals surface area contributed by atoms with E-state index in [0.29, 0.717) is 17.9 Å². The molecule has 0 aliphatic carbocycles. The molecule has 4 rings (SSSR count). The number of nitrogens with one attached hydrogen (secondary N) is 1. The zero-order valence-corrected chi connectivity index (χ0v) is 17.5. The minimum atomic E-state index is -0.299. The molecule has 1 aliphatic rings. The first kappa shape index (κ1) is 20.3. The predicted octanol–water partition coefficient (Wildman–Crippen LogP) is 4.12. The van der Waals surface area contributed by atoms with E-state index >= 15 is 0 Å². The standard InChI is InChI=1S/C24H27FN4O/c1-17-5-6-18(2)22(15-17)29-23(24(30)26-11-14-28-12-3-4-13-28)16-21(27-29)19-7-9-20(25)10-8-19/h5-10,15-16H,3-4,11-14H2,1-2H3,(H,26,30). The third-order valence-corrected chi connectivity index (χ3v) is 5.59. The number of amides is 1. The zero-order chi connectivity index (χ0) is 21.1. The highest BCUT2D eigenvalue weighted by atomic mass is 19.1. The SMILES string of the molecule is Cc1ccc(C)c(-n2nc(-c3ccc(F)cc3)cc2C(=O)NCCN2CCCC2)c1. The smallest absolute Gasteiger partial charge is 0.270 e. The molecular formula is C24H27FN4O. The Kier molecular flexibility index (Phi) is 5.95. The molecule has 156 valence electrons. The van der Waals surface area contributed by atoms with E-state index in [-0.39, 0.29) is 11.7 Å². The van der Waals surface area contributed by atoms with Crippen LogP contribution in [-0.2, 0) is 0 Å². The normalized spacial score (nSPS) is 14.2. The van der Waals surface area contributed by atoms with Crippen LogP contribution < -0.4 is 5.32 Å². The van der Waals surface area contributed by atoms with Crippen molar-refractivity contribution < 1.29 is 9.18 Å². The van der Waals surface area contributed by atoms with Crippen molar-refractivity contribution >= 4 is 5.91 Å². The average Bonchev–Trinajstić information content (AvgIpc) is 3.40. The minimum absolute atomic E-state index is 0.157. The van der Waals surface area contributed by atoms with Gasteiger partial charge >= 0.3 is 0 Å². The van der Waals surface area contributed by atoms with Gasteiger partial charge in [0.05, 0.1) is 11.4 Å². The van der Waals surface area contributed by atoms with Crippen LogP contribution in [0.25, 0.3) is 16.9 Å². The fourth-order valence-electron chi connectivity index (χ4n) is 3.86. The van der Waals surface area contributed by atoms with Gasteiger partial charge in [-0.1, -0.05) is 12.1 Å². The number of rotatable bonds is 6. The summed E-state index contributed by atoms with van der Waals surface area (Å²) in [6.45, 7) is 7.68. The number of aryl methyl sites for hydroxylation is 2. The van der Waals surface area contributed by atoms with Crippen LogP contribution in [0.2, 0.25) is 0 Å². The molecular weight excluding hydrogens is 379 g/mol. The number of carbonyl (C=O) groups excluding carboxylic acids is 1. The Morgan fingerprint density at radius 3 is 2.53 bits per heavy atom. The van der Waals surface area contributed by atoms with Crippen molar-refractivity contribution in [2.75, 3.05) is 26.2 Å². The monoisotopic (exact) mass is 406 g/mol. The Hall–Kier alpha value is -2.99. The van der Waals surface area contributed by atoms with Crippen LogP contribution in [0.3, 0.4) is 0 Å². The van der Waals surface area contributed by atoms with Gasteiger partial charge in [-0.05, 0) is 87.3 Å². The first-order valence-corrected chi connectivity index (χ1v) is 10.5. The maximum Gasteiger partial charge on any atom is 0.270 e. The van der Waals surface area contributed by atoms with Gasteiger partial charge in [0.2, 0.25) is 0 Å². The van der Waals surface area contributed by atoms with Gasteiger partial charge in [0, 0.05) is 18.7 Å². The first-order valence-electron chi connectivity index (χ1n) is 10.5. The largest absolute Gasteiger partial charge is 0.349 e. The number of hydrogen-bond acceptors (Lipinski definition) is 3. The van der Waals surface area contributed by atoms with E-state index in [2.05, 4.69) is 10.2 Å². The van der Waals surface area contributed by atoms with E-state index in [4.69, 9.17) is 5.10 Å². The van der Waals surface area contributed by atoms with Gasteiger partial charge in [-0.15, -0.1) is 0 Å². The molecule has 1 amide bonds. The second-order valence-electron chi connectivity index (χ2n) is 7.93. The quantitative estimate of drug-likeness (QED) is 0.670. The molecule has 6 heteroatoms. The van der Waals surface area contributed by atoms with Crippen molar-refractivity contribution in [2.45, 2.75) is 26.7 Å². The van der Waals surface area contributed by atoms with Gasteiger partial charge < -0.3 is 10.2 Å². The molecule has 5 nitrogen and oxygen atoms in total. The molecule has 1 N–H and O–H groups in total. The molecule has 2 heterocycles. The number of aromatic nitrogens is 2. The van der Waals surface area contributed by atoms with Gasteiger partial charge in [-0.25, -0.2) is 9.07 Å². The van der Waals surface area contributed by atoms with Gasteiger partial charge in [-0.2, -0.15) is 5.10 Å². The second-order valence-corrected chi connectivity index (χ2v) is 7.93. The summed E-state index contributed by atoms with van der Waals surface area (Å²) in [6.07, 6.45) is 2.46. The summed E-state index contributed by atoms with van der Waals surface area (Å²) >= 11 is 0. The lowest BCUT2D eigenvalue weighted by atomic mass is 10.1. The van der Waals surface area contributed by atoms with Gasteiger partial charge in [-0.3, -0.25) is 4.79 Å². The van der Waals surface area contributed by atoms with Crippen LogP contribution in [0.1, 0.15) is 34.5 Å². The molecule has 1 fully saturated rings. The van der Waals surface area contributed by atoms with Gasteiger partial charge in [0.25, 0.3) is 5.91 Å². The van der Waals surface area contributed by atoms with Crippen LogP contribution in [0.15, 0.2) is 48.5 Å². The Morgan fingerprint density at radius 2 is 1.80 bits per heavy atom. The molecule has 1 aromatic heterocycles. The number of carbonyl (C=O) groups is 1. The highest BCUT2D eigenvalue weighted by Crippen LogP contribution is 2.24. The summed E-state index contributed by atoms with van der Waals surface area (Å²) < 4.78 is 15.1. The highest BCUT2D eigenvalue weighted by Gasteiger charge is 2.19. The van der Waals surface area contributed by atoms with Crippen molar-refractivity contribution in [2.24, 2.45) is 0 Å².